The van der Waals surface area contributed by atoms with Gasteiger partial charge < -0.3 is 5.73 Å². The molecule has 3 heteroatoms. The summed E-state index contributed by atoms with van der Waals surface area (Å²) in [4.78, 5) is 11.8. The Labute approximate surface area is 99.0 Å². The zero-order valence-electron chi connectivity index (χ0n) is 9.09. The summed E-state index contributed by atoms with van der Waals surface area (Å²) in [6.07, 6.45) is 1.48. The molecule has 0 heterocycles. The third-order valence-corrected chi connectivity index (χ3v) is 2.76. The lowest BCUT2D eigenvalue weighted by atomic mass is 10.0. The van der Waals surface area contributed by atoms with Crippen LogP contribution in [0.3, 0.4) is 0 Å². The van der Waals surface area contributed by atoms with Crippen molar-refractivity contribution < 1.29 is 4.79 Å². The molecule has 0 amide bonds. The molecule has 0 unspecified atom stereocenters. The Bertz CT molecular complexity index is 361. The van der Waals surface area contributed by atoms with Crippen LogP contribution in [0.15, 0.2) is 22.7 Å². The minimum atomic E-state index is 0.127. The molecule has 0 atom stereocenters. The maximum atomic E-state index is 11.8. The highest BCUT2D eigenvalue weighted by molar-refractivity contribution is 9.10. The standard InChI is InChI=1S/C12H16BrNO/c1-8(2)3-6-12(15)10-7-9(13)4-5-11(10)14/h4-5,7-8H,3,6,14H2,1-2H3. The molecule has 1 rings (SSSR count). The maximum Gasteiger partial charge on any atom is 0.164 e. The molecule has 0 aliphatic carbocycles. The molecule has 0 aromatic heterocycles. The number of nitrogen functional groups attached to an aromatic ring is 1. The van der Waals surface area contributed by atoms with E-state index < -0.39 is 0 Å². The molecule has 0 radical (unpaired) electrons. The van der Waals surface area contributed by atoms with Gasteiger partial charge in [-0.3, -0.25) is 4.79 Å². The number of hydrogen-bond acceptors (Lipinski definition) is 2. The lowest BCUT2D eigenvalue weighted by Gasteiger charge is -2.06. The van der Waals surface area contributed by atoms with Gasteiger partial charge in [-0.1, -0.05) is 29.8 Å². The second kappa shape index (κ2) is 5.31. The normalized spacial score (nSPS) is 10.7. The van der Waals surface area contributed by atoms with Gasteiger partial charge in [-0.15, -0.1) is 0 Å². The van der Waals surface area contributed by atoms with Crippen LogP contribution in [0.5, 0.6) is 0 Å². The Morgan fingerprint density at radius 2 is 2.13 bits per heavy atom. The van der Waals surface area contributed by atoms with Crippen LogP contribution < -0.4 is 5.73 Å². The molecule has 0 bridgehead atoms. The van der Waals surface area contributed by atoms with Gasteiger partial charge in [-0.25, -0.2) is 0 Å². The molecule has 15 heavy (non-hydrogen) atoms. The van der Waals surface area contributed by atoms with Crippen molar-refractivity contribution in [3.8, 4) is 0 Å². The van der Waals surface area contributed by atoms with Crippen molar-refractivity contribution in [3.05, 3.63) is 28.2 Å². The van der Waals surface area contributed by atoms with Crippen LogP contribution >= 0.6 is 15.9 Å². The van der Waals surface area contributed by atoms with E-state index >= 15 is 0 Å². The molecule has 2 nitrogen and oxygen atoms in total. The summed E-state index contributed by atoms with van der Waals surface area (Å²) < 4.78 is 0.893. The van der Waals surface area contributed by atoms with Crippen molar-refractivity contribution in [2.75, 3.05) is 5.73 Å². The van der Waals surface area contributed by atoms with Gasteiger partial charge in [0, 0.05) is 22.1 Å². The van der Waals surface area contributed by atoms with Crippen molar-refractivity contribution in [3.63, 3.8) is 0 Å². The lowest BCUT2D eigenvalue weighted by Crippen LogP contribution is -2.05. The second-order valence-corrected chi connectivity index (χ2v) is 5.00. The van der Waals surface area contributed by atoms with Gasteiger partial charge in [0.1, 0.15) is 0 Å². The Hall–Kier alpha value is -0.830. The number of carbonyl (C=O) groups excluding carboxylic acids is 1. The van der Waals surface area contributed by atoms with Crippen LogP contribution in [0.4, 0.5) is 5.69 Å². The first kappa shape index (κ1) is 12.2. The third-order valence-electron chi connectivity index (χ3n) is 2.26. The highest BCUT2D eigenvalue weighted by Gasteiger charge is 2.10. The molecule has 0 aliphatic heterocycles. The summed E-state index contributed by atoms with van der Waals surface area (Å²) in [5, 5.41) is 0. The van der Waals surface area contributed by atoms with Crippen LogP contribution in [0, 0.1) is 5.92 Å². The van der Waals surface area contributed by atoms with Gasteiger partial charge in [0.2, 0.25) is 0 Å². The second-order valence-electron chi connectivity index (χ2n) is 4.09. The average Bonchev–Trinajstić information content (AvgIpc) is 2.18. The molecule has 1 aromatic carbocycles. The van der Waals surface area contributed by atoms with Crippen LogP contribution in [0.25, 0.3) is 0 Å². The zero-order valence-corrected chi connectivity index (χ0v) is 10.7. The van der Waals surface area contributed by atoms with Crippen molar-refractivity contribution >= 4 is 27.4 Å². The smallest absolute Gasteiger partial charge is 0.164 e. The highest BCUT2D eigenvalue weighted by atomic mass is 79.9. The molecular weight excluding hydrogens is 254 g/mol. The van der Waals surface area contributed by atoms with E-state index in [1.165, 1.54) is 0 Å². The Balaban J connectivity index is 2.77. The summed E-state index contributed by atoms with van der Waals surface area (Å²) in [6.45, 7) is 4.22. The third kappa shape index (κ3) is 3.67. The van der Waals surface area contributed by atoms with Crippen LogP contribution in [-0.2, 0) is 0 Å². The quantitative estimate of drug-likeness (QED) is 0.670. The zero-order chi connectivity index (χ0) is 11.4. The molecule has 1 aromatic rings. The fourth-order valence-electron chi connectivity index (χ4n) is 1.32. The molecule has 0 saturated heterocycles. The molecular formula is C12H16BrNO. The molecule has 0 spiro atoms. The molecule has 82 valence electrons. The molecule has 0 aliphatic rings. The largest absolute Gasteiger partial charge is 0.398 e. The molecule has 0 fully saturated rings. The predicted octanol–water partition coefficient (Wildman–Crippen LogP) is 3.65. The van der Waals surface area contributed by atoms with Crippen molar-refractivity contribution in [1.29, 1.82) is 0 Å². The number of halogens is 1. The first-order valence-corrected chi connectivity index (χ1v) is 5.88. The van der Waals surface area contributed by atoms with Crippen molar-refractivity contribution in [1.82, 2.24) is 0 Å². The Kier molecular flexibility index (Phi) is 4.33. The van der Waals surface area contributed by atoms with E-state index in [4.69, 9.17) is 5.73 Å². The van der Waals surface area contributed by atoms with Gasteiger partial charge in [0.15, 0.2) is 5.78 Å². The van der Waals surface area contributed by atoms with Crippen LogP contribution in [-0.4, -0.2) is 5.78 Å². The van der Waals surface area contributed by atoms with E-state index in [1.54, 1.807) is 12.1 Å². The number of nitrogens with two attached hydrogens (primary N) is 1. The van der Waals surface area contributed by atoms with Crippen molar-refractivity contribution in [2.45, 2.75) is 26.7 Å². The number of benzene rings is 1. The summed E-state index contributed by atoms with van der Waals surface area (Å²) in [7, 11) is 0. The monoisotopic (exact) mass is 269 g/mol. The maximum absolute atomic E-state index is 11.8. The van der Waals surface area contributed by atoms with E-state index in [0.717, 1.165) is 10.9 Å². The summed E-state index contributed by atoms with van der Waals surface area (Å²) in [5.41, 5.74) is 6.95. The van der Waals surface area contributed by atoms with E-state index in [2.05, 4.69) is 29.8 Å². The van der Waals surface area contributed by atoms with Gasteiger partial charge in [-0.05, 0) is 30.5 Å². The topological polar surface area (TPSA) is 43.1 Å². The minimum Gasteiger partial charge on any atom is -0.398 e. The lowest BCUT2D eigenvalue weighted by molar-refractivity contribution is 0.0976. The summed E-state index contributed by atoms with van der Waals surface area (Å²) in [5.74, 6) is 0.671. The number of Topliss-reactive ketones (excluding diaryl/α,β-unsaturated/α-hetero) is 1. The van der Waals surface area contributed by atoms with Gasteiger partial charge in [-0.2, -0.15) is 0 Å². The number of ketones is 1. The highest BCUT2D eigenvalue weighted by Crippen LogP contribution is 2.21. The van der Waals surface area contributed by atoms with Gasteiger partial charge in [0.25, 0.3) is 0 Å². The summed E-state index contributed by atoms with van der Waals surface area (Å²) in [6, 6.07) is 5.39. The van der Waals surface area contributed by atoms with Gasteiger partial charge >= 0.3 is 0 Å². The first-order chi connectivity index (χ1) is 7.00. The fraction of sp³-hybridized carbons (Fsp3) is 0.417. The van der Waals surface area contributed by atoms with E-state index in [0.29, 0.717) is 23.6 Å². The number of carbonyl (C=O) groups is 1. The minimum absolute atomic E-state index is 0.127. The Morgan fingerprint density at radius 1 is 1.47 bits per heavy atom. The summed E-state index contributed by atoms with van der Waals surface area (Å²) >= 11 is 3.34. The van der Waals surface area contributed by atoms with Gasteiger partial charge in [0.05, 0.1) is 0 Å². The molecule has 2 N–H and O–H groups in total. The van der Waals surface area contributed by atoms with E-state index in [9.17, 15) is 4.79 Å². The number of rotatable bonds is 4. The molecule has 0 saturated carbocycles. The first-order valence-electron chi connectivity index (χ1n) is 5.09. The number of hydrogen-bond donors (Lipinski definition) is 1. The SMILES string of the molecule is CC(C)CCC(=O)c1cc(Br)ccc1N. The Morgan fingerprint density at radius 3 is 2.73 bits per heavy atom. The van der Waals surface area contributed by atoms with Crippen LogP contribution in [0.1, 0.15) is 37.0 Å². The average molecular weight is 270 g/mol. The van der Waals surface area contributed by atoms with Crippen LogP contribution in [0.2, 0.25) is 0 Å². The predicted molar refractivity (Wildman–Crippen MR) is 67.0 cm³/mol. The van der Waals surface area contributed by atoms with Crippen molar-refractivity contribution in [2.24, 2.45) is 5.92 Å². The van der Waals surface area contributed by atoms with E-state index in [-0.39, 0.29) is 5.78 Å². The number of anilines is 1. The fourth-order valence-corrected chi connectivity index (χ4v) is 1.69. The van der Waals surface area contributed by atoms with E-state index in [1.807, 2.05) is 6.07 Å².